The number of rotatable bonds is 3. The molecule has 2 N–H and O–H groups in total. The number of aryl methyl sites for hydroxylation is 1. The minimum absolute atomic E-state index is 0.265. The number of anilines is 1. The van der Waals surface area contributed by atoms with E-state index in [1.54, 1.807) is 24.3 Å². The van der Waals surface area contributed by atoms with E-state index in [0.29, 0.717) is 11.4 Å². The van der Waals surface area contributed by atoms with Crippen LogP contribution in [0.1, 0.15) is 11.1 Å². The van der Waals surface area contributed by atoms with Gasteiger partial charge in [0.25, 0.3) is 0 Å². The summed E-state index contributed by atoms with van der Waals surface area (Å²) in [6.07, 6.45) is 0.265. The number of carbonyl (C=O) groups excluding carboxylic acids is 1. The number of hydrogen-bond acceptors (Lipinski definition) is 3. The lowest BCUT2D eigenvalue weighted by Crippen LogP contribution is -2.12. The highest BCUT2D eigenvalue weighted by Crippen LogP contribution is 2.16. The van der Waals surface area contributed by atoms with E-state index in [-0.39, 0.29) is 12.4 Å². The molecule has 0 saturated carbocycles. The van der Waals surface area contributed by atoms with Gasteiger partial charge in [0.15, 0.2) is 0 Å². The lowest BCUT2D eigenvalue weighted by atomic mass is 10.1. The first kappa shape index (κ1) is 12.2. The summed E-state index contributed by atoms with van der Waals surface area (Å²) >= 11 is 0. The molecule has 0 heterocycles. The smallest absolute Gasteiger partial charge is 0.315 e. The van der Waals surface area contributed by atoms with Crippen LogP contribution in [0.2, 0.25) is 0 Å². The van der Waals surface area contributed by atoms with Crippen LogP contribution in [0.4, 0.5) is 5.69 Å². The fourth-order valence-corrected chi connectivity index (χ4v) is 1.71. The number of carbonyl (C=O) groups is 1. The van der Waals surface area contributed by atoms with Gasteiger partial charge in [-0.1, -0.05) is 30.3 Å². The van der Waals surface area contributed by atoms with Crippen LogP contribution in [0, 0.1) is 6.92 Å². The zero-order chi connectivity index (χ0) is 13.0. The molecule has 0 aliphatic carbocycles. The molecule has 0 bridgehead atoms. The van der Waals surface area contributed by atoms with E-state index in [1.165, 1.54) is 0 Å². The molecule has 0 aromatic heterocycles. The van der Waals surface area contributed by atoms with Crippen molar-refractivity contribution in [2.45, 2.75) is 13.3 Å². The van der Waals surface area contributed by atoms with Crippen molar-refractivity contribution in [3.63, 3.8) is 0 Å². The molecule has 2 aromatic carbocycles. The van der Waals surface area contributed by atoms with Gasteiger partial charge in [-0.05, 0) is 30.2 Å². The summed E-state index contributed by atoms with van der Waals surface area (Å²) in [5.74, 6) is 0.198. The Morgan fingerprint density at radius 2 is 1.94 bits per heavy atom. The molecule has 18 heavy (non-hydrogen) atoms. The molecule has 0 fully saturated rings. The summed E-state index contributed by atoms with van der Waals surface area (Å²) in [5.41, 5.74) is 8.26. The van der Waals surface area contributed by atoms with Crippen molar-refractivity contribution in [2.75, 3.05) is 5.73 Å². The second-order valence-corrected chi connectivity index (χ2v) is 4.15. The number of nitrogens with two attached hydrogens (primary N) is 1. The molecule has 0 unspecified atom stereocenters. The molecule has 3 heteroatoms. The Morgan fingerprint density at radius 1 is 1.17 bits per heavy atom. The van der Waals surface area contributed by atoms with E-state index >= 15 is 0 Å². The zero-order valence-corrected chi connectivity index (χ0v) is 10.2. The number of hydrogen-bond donors (Lipinski definition) is 1. The van der Waals surface area contributed by atoms with Crippen molar-refractivity contribution in [3.05, 3.63) is 59.7 Å². The molecular weight excluding hydrogens is 226 g/mol. The second kappa shape index (κ2) is 5.36. The summed E-state index contributed by atoms with van der Waals surface area (Å²) in [6.45, 7) is 1.98. The van der Waals surface area contributed by atoms with Crippen molar-refractivity contribution >= 4 is 11.7 Å². The van der Waals surface area contributed by atoms with Crippen LogP contribution in [-0.4, -0.2) is 5.97 Å². The third kappa shape index (κ3) is 3.10. The molecule has 2 rings (SSSR count). The topological polar surface area (TPSA) is 52.3 Å². The minimum Gasteiger partial charge on any atom is -0.426 e. The summed E-state index contributed by atoms with van der Waals surface area (Å²) < 4.78 is 5.24. The summed E-state index contributed by atoms with van der Waals surface area (Å²) in [5, 5.41) is 0. The summed E-state index contributed by atoms with van der Waals surface area (Å²) in [6, 6.07) is 14.6. The van der Waals surface area contributed by atoms with Crippen LogP contribution in [0.3, 0.4) is 0 Å². The SMILES string of the molecule is Cc1ccccc1CC(=O)Oc1cccc(N)c1. The Hall–Kier alpha value is -2.29. The maximum atomic E-state index is 11.8. The highest BCUT2D eigenvalue weighted by molar-refractivity contribution is 5.75. The fraction of sp³-hybridized carbons (Fsp3) is 0.133. The van der Waals surface area contributed by atoms with Crippen LogP contribution in [-0.2, 0) is 11.2 Å². The standard InChI is InChI=1S/C15H15NO2/c1-11-5-2-3-6-12(11)9-15(17)18-14-8-4-7-13(16)10-14/h2-8,10H,9,16H2,1H3. The van der Waals surface area contributed by atoms with E-state index in [9.17, 15) is 4.79 Å². The molecule has 0 aliphatic heterocycles. The van der Waals surface area contributed by atoms with Gasteiger partial charge < -0.3 is 10.5 Å². The molecule has 0 radical (unpaired) electrons. The van der Waals surface area contributed by atoms with Crippen LogP contribution in [0.25, 0.3) is 0 Å². The normalized spacial score (nSPS) is 10.1. The highest BCUT2D eigenvalue weighted by atomic mass is 16.5. The molecule has 0 atom stereocenters. The second-order valence-electron chi connectivity index (χ2n) is 4.15. The molecule has 0 spiro atoms. The zero-order valence-electron chi connectivity index (χ0n) is 10.2. The molecule has 0 saturated heterocycles. The average Bonchev–Trinajstić information content (AvgIpc) is 2.32. The predicted octanol–water partition coefficient (Wildman–Crippen LogP) is 2.73. The lowest BCUT2D eigenvalue weighted by molar-refractivity contribution is -0.133. The summed E-state index contributed by atoms with van der Waals surface area (Å²) in [4.78, 5) is 11.8. The number of esters is 1. The Labute approximate surface area is 106 Å². The van der Waals surface area contributed by atoms with Gasteiger partial charge in [-0.25, -0.2) is 0 Å². The van der Waals surface area contributed by atoms with Crippen LogP contribution in [0.5, 0.6) is 5.75 Å². The first-order valence-electron chi connectivity index (χ1n) is 5.76. The Kier molecular flexibility index (Phi) is 3.63. The van der Waals surface area contributed by atoms with Crippen LogP contribution in [0.15, 0.2) is 48.5 Å². The highest BCUT2D eigenvalue weighted by Gasteiger charge is 2.08. The van der Waals surface area contributed by atoms with Crippen molar-refractivity contribution in [3.8, 4) is 5.75 Å². The maximum Gasteiger partial charge on any atom is 0.315 e. The molecule has 3 nitrogen and oxygen atoms in total. The monoisotopic (exact) mass is 241 g/mol. The van der Waals surface area contributed by atoms with Gasteiger partial charge in [0.2, 0.25) is 0 Å². The van der Waals surface area contributed by atoms with Gasteiger partial charge in [0.05, 0.1) is 6.42 Å². The Bertz CT molecular complexity index is 564. The van der Waals surface area contributed by atoms with Gasteiger partial charge >= 0.3 is 5.97 Å². The fourth-order valence-electron chi connectivity index (χ4n) is 1.71. The van der Waals surface area contributed by atoms with Crippen molar-refractivity contribution in [1.82, 2.24) is 0 Å². The molecule has 0 amide bonds. The first-order chi connectivity index (χ1) is 8.65. The number of benzene rings is 2. The molecule has 92 valence electrons. The average molecular weight is 241 g/mol. The van der Waals surface area contributed by atoms with Gasteiger partial charge in [-0.15, -0.1) is 0 Å². The van der Waals surface area contributed by atoms with Crippen molar-refractivity contribution < 1.29 is 9.53 Å². The Balaban J connectivity index is 2.03. The third-order valence-electron chi connectivity index (χ3n) is 2.69. The summed E-state index contributed by atoms with van der Waals surface area (Å²) in [7, 11) is 0. The van der Waals surface area contributed by atoms with Crippen molar-refractivity contribution in [2.24, 2.45) is 0 Å². The maximum absolute atomic E-state index is 11.8. The van der Waals surface area contributed by atoms with Gasteiger partial charge in [0.1, 0.15) is 5.75 Å². The third-order valence-corrected chi connectivity index (χ3v) is 2.69. The van der Waals surface area contributed by atoms with E-state index in [2.05, 4.69) is 0 Å². The van der Waals surface area contributed by atoms with E-state index in [4.69, 9.17) is 10.5 Å². The van der Waals surface area contributed by atoms with E-state index in [0.717, 1.165) is 11.1 Å². The number of nitrogen functional groups attached to an aromatic ring is 1. The van der Waals surface area contributed by atoms with Gasteiger partial charge in [-0.2, -0.15) is 0 Å². The quantitative estimate of drug-likeness (QED) is 0.510. The molecule has 0 aliphatic rings. The largest absolute Gasteiger partial charge is 0.426 e. The van der Waals surface area contributed by atoms with Crippen LogP contribution < -0.4 is 10.5 Å². The van der Waals surface area contributed by atoms with E-state index < -0.39 is 0 Å². The first-order valence-corrected chi connectivity index (χ1v) is 5.76. The van der Waals surface area contributed by atoms with Crippen molar-refractivity contribution in [1.29, 1.82) is 0 Å². The number of ether oxygens (including phenoxy) is 1. The molecular formula is C15H15NO2. The van der Waals surface area contributed by atoms with Gasteiger partial charge in [-0.3, -0.25) is 4.79 Å². The Morgan fingerprint density at radius 3 is 2.67 bits per heavy atom. The minimum atomic E-state index is -0.282. The van der Waals surface area contributed by atoms with E-state index in [1.807, 2.05) is 31.2 Å². The lowest BCUT2D eigenvalue weighted by Gasteiger charge is -2.06. The molecule has 2 aromatic rings. The van der Waals surface area contributed by atoms with Crippen LogP contribution >= 0.6 is 0 Å². The predicted molar refractivity (Wildman–Crippen MR) is 71.4 cm³/mol. The van der Waals surface area contributed by atoms with Gasteiger partial charge in [0, 0.05) is 11.8 Å².